The first kappa shape index (κ1) is 11.7. The van der Waals surface area contributed by atoms with Crippen LogP contribution in [0.15, 0.2) is 23.0 Å². The molecule has 1 atom stereocenters. The van der Waals surface area contributed by atoms with E-state index in [9.17, 15) is 9.59 Å². The zero-order valence-corrected chi connectivity index (χ0v) is 9.81. The Morgan fingerprint density at radius 1 is 1.47 bits per heavy atom. The van der Waals surface area contributed by atoms with E-state index in [1.54, 1.807) is 18.0 Å². The highest BCUT2D eigenvalue weighted by atomic mass is 16.3. The van der Waals surface area contributed by atoms with Crippen LogP contribution in [0, 0.1) is 0 Å². The molecule has 1 saturated heterocycles. The third-order valence-corrected chi connectivity index (χ3v) is 3.08. The molecule has 0 saturated carbocycles. The lowest BCUT2D eigenvalue weighted by atomic mass is 10.0. The molecule has 0 aliphatic carbocycles. The number of likely N-dealkylation sites (tertiary alicyclic amines) is 1. The molecule has 1 aromatic heterocycles. The molecule has 0 spiro atoms. The minimum absolute atomic E-state index is 0.0958. The van der Waals surface area contributed by atoms with Crippen molar-refractivity contribution >= 4 is 11.8 Å². The Balaban J connectivity index is 2.16. The smallest absolute Gasteiger partial charge is 0.257 e. The minimum Gasteiger partial charge on any atom is -0.472 e. The van der Waals surface area contributed by atoms with Crippen molar-refractivity contribution in [2.24, 2.45) is 0 Å². The Morgan fingerprint density at radius 2 is 2.29 bits per heavy atom. The lowest BCUT2D eigenvalue weighted by Crippen LogP contribution is -2.51. The van der Waals surface area contributed by atoms with Gasteiger partial charge in [0.05, 0.1) is 11.8 Å². The fraction of sp³-hybridized carbons (Fsp3) is 0.500. The van der Waals surface area contributed by atoms with E-state index in [1.165, 1.54) is 12.5 Å². The van der Waals surface area contributed by atoms with Gasteiger partial charge in [-0.2, -0.15) is 0 Å². The van der Waals surface area contributed by atoms with Crippen LogP contribution in [0.25, 0.3) is 0 Å². The van der Waals surface area contributed by atoms with Gasteiger partial charge in [-0.15, -0.1) is 0 Å². The molecule has 1 aromatic rings. The van der Waals surface area contributed by atoms with E-state index >= 15 is 0 Å². The van der Waals surface area contributed by atoms with Crippen LogP contribution in [0.4, 0.5) is 0 Å². The van der Waals surface area contributed by atoms with E-state index in [0.29, 0.717) is 12.1 Å². The largest absolute Gasteiger partial charge is 0.472 e. The lowest BCUT2D eigenvalue weighted by molar-refractivity contribution is -0.126. The van der Waals surface area contributed by atoms with Gasteiger partial charge in [-0.05, 0) is 25.3 Å². The van der Waals surface area contributed by atoms with Gasteiger partial charge in [-0.3, -0.25) is 9.59 Å². The van der Waals surface area contributed by atoms with Crippen LogP contribution in [0.3, 0.4) is 0 Å². The summed E-state index contributed by atoms with van der Waals surface area (Å²) in [5.74, 6) is -0.228. The van der Waals surface area contributed by atoms with E-state index in [1.807, 2.05) is 0 Å². The summed E-state index contributed by atoms with van der Waals surface area (Å²) in [5.41, 5.74) is 0.501. The molecule has 5 heteroatoms. The van der Waals surface area contributed by atoms with Crippen LogP contribution in [-0.4, -0.2) is 36.3 Å². The van der Waals surface area contributed by atoms with Gasteiger partial charge in [0.15, 0.2) is 0 Å². The van der Waals surface area contributed by atoms with Crippen molar-refractivity contribution in [2.75, 3.05) is 13.6 Å². The standard InChI is InChI=1S/C12H16N2O3/c1-13-11(15)10-4-2-3-6-14(10)12(16)9-5-7-17-8-9/h5,7-8,10H,2-4,6H2,1H3,(H,13,15). The fourth-order valence-corrected chi connectivity index (χ4v) is 2.17. The number of nitrogens with zero attached hydrogens (tertiary/aromatic N) is 1. The Bertz CT molecular complexity index is 400. The lowest BCUT2D eigenvalue weighted by Gasteiger charge is -2.34. The van der Waals surface area contributed by atoms with Gasteiger partial charge in [-0.25, -0.2) is 0 Å². The highest BCUT2D eigenvalue weighted by Crippen LogP contribution is 2.20. The molecule has 1 aliphatic heterocycles. The number of nitrogens with one attached hydrogen (secondary N) is 1. The summed E-state index contributed by atoms with van der Waals surface area (Å²) in [4.78, 5) is 25.5. The monoisotopic (exact) mass is 236 g/mol. The van der Waals surface area contributed by atoms with E-state index in [0.717, 1.165) is 19.3 Å². The number of carbonyl (C=O) groups is 2. The first-order valence-electron chi connectivity index (χ1n) is 5.79. The molecule has 2 heterocycles. The van der Waals surface area contributed by atoms with Crippen molar-refractivity contribution in [1.82, 2.24) is 10.2 Å². The van der Waals surface area contributed by atoms with E-state index in [2.05, 4.69) is 5.32 Å². The fourth-order valence-electron chi connectivity index (χ4n) is 2.17. The summed E-state index contributed by atoms with van der Waals surface area (Å²) in [6.07, 6.45) is 5.53. The summed E-state index contributed by atoms with van der Waals surface area (Å²) in [6.45, 7) is 0.627. The molecule has 17 heavy (non-hydrogen) atoms. The van der Waals surface area contributed by atoms with Crippen molar-refractivity contribution in [3.05, 3.63) is 24.2 Å². The molecule has 2 amide bonds. The number of carbonyl (C=O) groups excluding carboxylic acids is 2. The first-order valence-corrected chi connectivity index (χ1v) is 5.79. The van der Waals surface area contributed by atoms with Crippen LogP contribution >= 0.6 is 0 Å². The van der Waals surface area contributed by atoms with Crippen LogP contribution in [-0.2, 0) is 4.79 Å². The third kappa shape index (κ3) is 2.33. The second kappa shape index (κ2) is 5.03. The highest BCUT2D eigenvalue weighted by Gasteiger charge is 2.32. The van der Waals surface area contributed by atoms with Crippen LogP contribution in [0.1, 0.15) is 29.6 Å². The molecule has 1 fully saturated rings. The van der Waals surface area contributed by atoms with Gasteiger partial charge < -0.3 is 14.6 Å². The van der Waals surface area contributed by atoms with Gasteiger partial charge in [0.2, 0.25) is 5.91 Å². The summed E-state index contributed by atoms with van der Waals surface area (Å²) in [7, 11) is 1.59. The van der Waals surface area contributed by atoms with Gasteiger partial charge in [-0.1, -0.05) is 0 Å². The summed E-state index contributed by atoms with van der Waals surface area (Å²) in [5, 5.41) is 2.61. The van der Waals surface area contributed by atoms with Crippen LogP contribution < -0.4 is 5.32 Å². The summed E-state index contributed by atoms with van der Waals surface area (Å²) < 4.78 is 4.90. The maximum Gasteiger partial charge on any atom is 0.257 e. The molecular formula is C12H16N2O3. The summed E-state index contributed by atoms with van der Waals surface area (Å²) >= 11 is 0. The molecule has 92 valence electrons. The van der Waals surface area contributed by atoms with E-state index in [-0.39, 0.29) is 17.9 Å². The normalized spacial score (nSPS) is 20.1. The molecule has 2 rings (SSSR count). The SMILES string of the molecule is CNC(=O)C1CCCCN1C(=O)c1ccoc1. The highest BCUT2D eigenvalue weighted by molar-refractivity contribution is 5.97. The molecule has 0 bridgehead atoms. The molecule has 1 unspecified atom stereocenters. The second-order valence-corrected chi connectivity index (χ2v) is 4.14. The van der Waals surface area contributed by atoms with Gasteiger partial charge in [0.1, 0.15) is 12.3 Å². The van der Waals surface area contributed by atoms with Gasteiger partial charge in [0.25, 0.3) is 5.91 Å². The third-order valence-electron chi connectivity index (χ3n) is 3.08. The zero-order valence-electron chi connectivity index (χ0n) is 9.81. The maximum atomic E-state index is 12.2. The van der Waals surface area contributed by atoms with Crippen LogP contribution in [0.2, 0.25) is 0 Å². The molecule has 5 nitrogen and oxygen atoms in total. The molecule has 1 aliphatic rings. The number of amides is 2. The quantitative estimate of drug-likeness (QED) is 0.834. The van der Waals surface area contributed by atoms with Gasteiger partial charge >= 0.3 is 0 Å². The number of hydrogen-bond donors (Lipinski definition) is 1. The average Bonchev–Trinajstić information content (AvgIpc) is 2.91. The van der Waals surface area contributed by atoms with E-state index < -0.39 is 0 Å². The zero-order chi connectivity index (χ0) is 12.3. The number of likely N-dealkylation sites (N-methyl/N-ethyl adjacent to an activating group) is 1. The van der Waals surface area contributed by atoms with Crippen molar-refractivity contribution in [1.29, 1.82) is 0 Å². The molecular weight excluding hydrogens is 220 g/mol. The minimum atomic E-state index is -0.351. The number of piperidine rings is 1. The maximum absolute atomic E-state index is 12.2. The number of hydrogen-bond acceptors (Lipinski definition) is 3. The van der Waals surface area contributed by atoms with Crippen LogP contribution in [0.5, 0.6) is 0 Å². The Labute approximate surface area is 99.8 Å². The van der Waals surface area contributed by atoms with Gasteiger partial charge in [0, 0.05) is 13.6 Å². The van der Waals surface area contributed by atoms with Crippen molar-refractivity contribution in [3.8, 4) is 0 Å². The van der Waals surface area contributed by atoms with Crippen molar-refractivity contribution in [3.63, 3.8) is 0 Å². The first-order chi connectivity index (χ1) is 8.24. The Morgan fingerprint density at radius 3 is 2.94 bits per heavy atom. The molecule has 0 radical (unpaired) electrons. The van der Waals surface area contributed by atoms with Crippen molar-refractivity contribution in [2.45, 2.75) is 25.3 Å². The molecule has 0 aromatic carbocycles. The van der Waals surface area contributed by atoms with Crippen molar-refractivity contribution < 1.29 is 14.0 Å². The summed E-state index contributed by atoms with van der Waals surface area (Å²) in [6, 6.07) is 1.27. The predicted molar refractivity (Wildman–Crippen MR) is 61.5 cm³/mol. The number of rotatable bonds is 2. The predicted octanol–water partition coefficient (Wildman–Crippen LogP) is 1.02. The Hall–Kier alpha value is -1.78. The molecule has 1 N–H and O–H groups in total. The number of furan rings is 1. The van der Waals surface area contributed by atoms with E-state index in [4.69, 9.17) is 4.42 Å². The Kier molecular flexibility index (Phi) is 3.46. The second-order valence-electron chi connectivity index (χ2n) is 4.14. The average molecular weight is 236 g/mol. The topological polar surface area (TPSA) is 62.6 Å².